The highest BCUT2D eigenvalue weighted by Gasteiger charge is 2.28. The number of benzene rings is 1. The van der Waals surface area contributed by atoms with E-state index in [0.717, 1.165) is 51.6 Å². The Labute approximate surface area is 175 Å². The van der Waals surface area contributed by atoms with Crippen LogP contribution >= 0.6 is 0 Å². The number of rotatable bonds is 7. The minimum Gasteiger partial charge on any atom is -0.352 e. The second kappa shape index (κ2) is 10.4. The van der Waals surface area contributed by atoms with Gasteiger partial charge in [0.15, 0.2) is 5.96 Å². The van der Waals surface area contributed by atoms with Gasteiger partial charge in [0.1, 0.15) is 0 Å². The molecule has 0 aliphatic carbocycles. The predicted molar refractivity (Wildman–Crippen MR) is 120 cm³/mol. The van der Waals surface area contributed by atoms with Gasteiger partial charge < -0.3 is 14.8 Å². The second-order valence-electron chi connectivity index (χ2n) is 7.97. The fraction of sp³-hybridized carbons (Fsp3) is 0.565. The largest absolute Gasteiger partial charge is 0.352 e. The van der Waals surface area contributed by atoms with Gasteiger partial charge in [-0.1, -0.05) is 45.0 Å². The number of likely N-dealkylation sites (tertiary alicyclic amines) is 1. The van der Waals surface area contributed by atoms with Gasteiger partial charge in [-0.3, -0.25) is 9.89 Å². The Morgan fingerprint density at radius 2 is 2.07 bits per heavy atom. The summed E-state index contributed by atoms with van der Waals surface area (Å²) in [5.74, 6) is 1.62. The summed E-state index contributed by atoms with van der Waals surface area (Å²) in [6.07, 6.45) is 7.03. The molecule has 158 valence electrons. The van der Waals surface area contributed by atoms with Crippen LogP contribution in [-0.4, -0.2) is 58.5 Å². The van der Waals surface area contributed by atoms with Crippen molar-refractivity contribution >= 4 is 5.96 Å². The monoisotopic (exact) mass is 396 g/mol. The molecular weight excluding hydrogens is 360 g/mol. The zero-order valence-corrected chi connectivity index (χ0v) is 18.4. The number of nitrogens with one attached hydrogen (secondary N) is 1. The molecule has 1 aliphatic rings. The standard InChI is InChI=1S/C23H36N6/c1-5-27(6-2)16-21-9-7-8-20(14-21)15-26-23(24-4)28-12-10-19(3)22(17-28)29-13-11-25-18-29/h7-9,11,13-14,18-19,22H,5-6,10,12,15-17H2,1-4H3,(H,24,26). The minimum atomic E-state index is 0.433. The van der Waals surface area contributed by atoms with Crippen molar-refractivity contribution in [3.63, 3.8) is 0 Å². The van der Waals surface area contributed by atoms with Crippen LogP contribution in [0.4, 0.5) is 0 Å². The van der Waals surface area contributed by atoms with Crippen molar-refractivity contribution in [2.45, 2.75) is 46.3 Å². The maximum atomic E-state index is 4.56. The number of guanidine groups is 1. The fourth-order valence-electron chi connectivity index (χ4n) is 4.15. The summed E-state index contributed by atoms with van der Waals surface area (Å²) >= 11 is 0. The van der Waals surface area contributed by atoms with Crippen molar-refractivity contribution < 1.29 is 0 Å². The van der Waals surface area contributed by atoms with Gasteiger partial charge in [-0.25, -0.2) is 4.98 Å². The number of imidazole rings is 1. The zero-order chi connectivity index (χ0) is 20.6. The maximum Gasteiger partial charge on any atom is 0.193 e. The number of aliphatic imine (C=N–C) groups is 1. The molecule has 1 aromatic carbocycles. The minimum absolute atomic E-state index is 0.433. The van der Waals surface area contributed by atoms with Crippen molar-refractivity contribution in [2.24, 2.45) is 10.9 Å². The van der Waals surface area contributed by atoms with Crippen molar-refractivity contribution in [1.82, 2.24) is 24.7 Å². The molecule has 1 N–H and O–H groups in total. The Kier molecular flexibility index (Phi) is 7.69. The van der Waals surface area contributed by atoms with Gasteiger partial charge in [-0.05, 0) is 36.6 Å². The fourth-order valence-corrected chi connectivity index (χ4v) is 4.15. The number of hydrogen-bond donors (Lipinski definition) is 1. The van der Waals surface area contributed by atoms with Gasteiger partial charge in [-0.2, -0.15) is 0 Å². The molecule has 1 aromatic heterocycles. The van der Waals surface area contributed by atoms with Gasteiger partial charge in [0.05, 0.1) is 12.4 Å². The summed E-state index contributed by atoms with van der Waals surface area (Å²) in [4.78, 5) is 13.6. The molecule has 1 fully saturated rings. The predicted octanol–water partition coefficient (Wildman–Crippen LogP) is 3.38. The maximum absolute atomic E-state index is 4.56. The highest BCUT2D eigenvalue weighted by atomic mass is 15.3. The van der Waals surface area contributed by atoms with Crippen molar-refractivity contribution in [3.8, 4) is 0 Å². The first-order valence-electron chi connectivity index (χ1n) is 10.9. The van der Waals surface area contributed by atoms with Crippen LogP contribution in [0.3, 0.4) is 0 Å². The molecule has 2 atom stereocenters. The lowest BCUT2D eigenvalue weighted by molar-refractivity contribution is 0.189. The number of hydrogen-bond acceptors (Lipinski definition) is 3. The van der Waals surface area contributed by atoms with Crippen LogP contribution in [-0.2, 0) is 13.1 Å². The van der Waals surface area contributed by atoms with Crippen LogP contribution < -0.4 is 5.32 Å². The first kappa shape index (κ1) is 21.4. The van der Waals surface area contributed by atoms with E-state index < -0.39 is 0 Å². The van der Waals surface area contributed by atoms with E-state index in [0.29, 0.717) is 12.0 Å². The van der Waals surface area contributed by atoms with Crippen LogP contribution in [0.25, 0.3) is 0 Å². The quantitative estimate of drug-likeness (QED) is 0.576. The number of piperidine rings is 1. The Morgan fingerprint density at radius 3 is 2.76 bits per heavy atom. The molecule has 0 radical (unpaired) electrons. The third-order valence-electron chi connectivity index (χ3n) is 6.08. The molecule has 6 heteroatoms. The lowest BCUT2D eigenvalue weighted by atomic mass is 9.93. The van der Waals surface area contributed by atoms with Gasteiger partial charge in [0, 0.05) is 45.6 Å². The topological polar surface area (TPSA) is 48.7 Å². The molecule has 1 aliphatic heterocycles. The van der Waals surface area contributed by atoms with Gasteiger partial charge >= 0.3 is 0 Å². The summed E-state index contributed by atoms with van der Waals surface area (Å²) in [6, 6.07) is 9.32. The summed E-state index contributed by atoms with van der Waals surface area (Å²) in [5, 5.41) is 3.58. The highest BCUT2D eigenvalue weighted by molar-refractivity contribution is 5.80. The summed E-state index contributed by atoms with van der Waals surface area (Å²) in [7, 11) is 1.88. The van der Waals surface area contributed by atoms with Crippen molar-refractivity contribution in [2.75, 3.05) is 33.2 Å². The van der Waals surface area contributed by atoms with E-state index in [4.69, 9.17) is 0 Å². The van der Waals surface area contributed by atoms with E-state index in [1.807, 2.05) is 19.6 Å². The summed E-state index contributed by atoms with van der Waals surface area (Å²) in [6.45, 7) is 12.7. The molecule has 29 heavy (non-hydrogen) atoms. The molecule has 0 amide bonds. The van der Waals surface area contributed by atoms with E-state index >= 15 is 0 Å². The average Bonchev–Trinajstić information content (AvgIpc) is 3.28. The summed E-state index contributed by atoms with van der Waals surface area (Å²) < 4.78 is 2.24. The molecule has 0 bridgehead atoms. The lowest BCUT2D eigenvalue weighted by Crippen LogP contribution is -2.48. The molecule has 2 unspecified atom stereocenters. The Morgan fingerprint density at radius 1 is 1.28 bits per heavy atom. The lowest BCUT2D eigenvalue weighted by Gasteiger charge is -2.39. The smallest absolute Gasteiger partial charge is 0.193 e. The van der Waals surface area contributed by atoms with E-state index in [-0.39, 0.29) is 0 Å². The van der Waals surface area contributed by atoms with Crippen LogP contribution in [0.5, 0.6) is 0 Å². The summed E-state index contributed by atoms with van der Waals surface area (Å²) in [5.41, 5.74) is 2.67. The molecular formula is C23H36N6. The van der Waals surface area contributed by atoms with Crippen molar-refractivity contribution in [1.29, 1.82) is 0 Å². The Bertz CT molecular complexity index is 765. The van der Waals surface area contributed by atoms with E-state index in [2.05, 4.69) is 80.9 Å². The number of nitrogens with zero attached hydrogens (tertiary/aromatic N) is 5. The molecule has 2 aromatic rings. The second-order valence-corrected chi connectivity index (χ2v) is 7.97. The highest BCUT2D eigenvalue weighted by Crippen LogP contribution is 2.27. The average molecular weight is 397 g/mol. The van der Waals surface area contributed by atoms with Crippen LogP contribution in [0.15, 0.2) is 48.0 Å². The van der Waals surface area contributed by atoms with Gasteiger partial charge in [0.2, 0.25) is 0 Å². The van der Waals surface area contributed by atoms with E-state index in [1.54, 1.807) is 0 Å². The first-order valence-corrected chi connectivity index (χ1v) is 10.9. The van der Waals surface area contributed by atoms with E-state index in [9.17, 15) is 0 Å². The van der Waals surface area contributed by atoms with Crippen LogP contribution in [0, 0.1) is 5.92 Å². The van der Waals surface area contributed by atoms with Crippen LogP contribution in [0.2, 0.25) is 0 Å². The zero-order valence-electron chi connectivity index (χ0n) is 18.4. The Balaban J connectivity index is 1.60. The van der Waals surface area contributed by atoms with E-state index in [1.165, 1.54) is 11.1 Å². The molecule has 1 saturated heterocycles. The normalized spacial score (nSPS) is 20.3. The van der Waals surface area contributed by atoms with Gasteiger partial charge in [-0.15, -0.1) is 0 Å². The molecule has 0 spiro atoms. The first-order chi connectivity index (χ1) is 14.1. The molecule has 3 rings (SSSR count). The Hall–Kier alpha value is -2.34. The molecule has 0 saturated carbocycles. The molecule has 2 heterocycles. The SMILES string of the molecule is CCN(CC)Cc1cccc(CNC(=NC)N2CCC(C)C(n3ccnc3)C2)c1. The van der Waals surface area contributed by atoms with Crippen LogP contribution in [0.1, 0.15) is 44.4 Å². The number of aromatic nitrogens is 2. The molecule has 6 nitrogen and oxygen atoms in total. The third-order valence-corrected chi connectivity index (χ3v) is 6.08. The van der Waals surface area contributed by atoms with Gasteiger partial charge in [0.25, 0.3) is 0 Å². The third kappa shape index (κ3) is 5.60. The van der Waals surface area contributed by atoms with Crippen molar-refractivity contribution in [3.05, 3.63) is 54.1 Å².